The van der Waals surface area contributed by atoms with Crippen molar-refractivity contribution in [3.05, 3.63) is 63.9 Å². The Hall–Kier alpha value is -2.02. The zero-order valence-corrected chi connectivity index (χ0v) is 18.6. The van der Waals surface area contributed by atoms with Crippen LogP contribution in [0.25, 0.3) is 11.0 Å². The number of fused-ring (bicyclic) bond motifs is 1. The van der Waals surface area contributed by atoms with Gasteiger partial charge in [-0.05, 0) is 66.8 Å². The van der Waals surface area contributed by atoms with Gasteiger partial charge in [-0.3, -0.25) is 4.79 Å². The number of rotatable bonds is 8. The molecule has 0 spiro atoms. The summed E-state index contributed by atoms with van der Waals surface area (Å²) in [5, 5.41) is 10.0. The van der Waals surface area contributed by atoms with Crippen molar-refractivity contribution >= 4 is 39.5 Å². The Balaban J connectivity index is 1.85. The van der Waals surface area contributed by atoms with Crippen molar-refractivity contribution in [1.29, 1.82) is 0 Å². The maximum absolute atomic E-state index is 10.8. The highest BCUT2D eigenvalue weighted by atomic mass is 127. The summed E-state index contributed by atoms with van der Waals surface area (Å²) < 4.78 is 13.1. The minimum atomic E-state index is -0.776. The lowest BCUT2D eigenvalue weighted by Gasteiger charge is -2.15. The van der Waals surface area contributed by atoms with Crippen molar-refractivity contribution in [2.45, 2.75) is 51.1 Å². The number of hydrogen-bond donors (Lipinski definition) is 1. The third kappa shape index (κ3) is 4.51. The molecule has 28 heavy (non-hydrogen) atoms. The summed E-state index contributed by atoms with van der Waals surface area (Å²) in [6.45, 7) is 6.57. The van der Waals surface area contributed by atoms with Gasteiger partial charge in [-0.25, -0.2) is 0 Å². The van der Waals surface area contributed by atoms with Crippen LogP contribution in [-0.4, -0.2) is 11.1 Å². The van der Waals surface area contributed by atoms with Crippen LogP contribution in [0.2, 0.25) is 0 Å². The molecule has 4 nitrogen and oxygen atoms in total. The third-order valence-electron chi connectivity index (χ3n) is 5.15. The van der Waals surface area contributed by atoms with E-state index in [9.17, 15) is 4.79 Å². The topological polar surface area (TPSA) is 59.7 Å². The van der Waals surface area contributed by atoms with E-state index >= 15 is 0 Å². The van der Waals surface area contributed by atoms with Crippen LogP contribution in [-0.2, 0) is 28.7 Å². The Morgan fingerprint density at radius 1 is 1.14 bits per heavy atom. The number of furan rings is 1. The molecule has 2 aromatic carbocycles. The molecule has 0 amide bonds. The maximum Gasteiger partial charge on any atom is 0.303 e. The number of aliphatic carboxylic acids is 1. The molecule has 3 aromatic rings. The second kappa shape index (κ2) is 8.99. The molecule has 0 aliphatic rings. The number of carbonyl (C=O) groups is 1. The zero-order valence-electron chi connectivity index (χ0n) is 16.5. The van der Waals surface area contributed by atoms with Gasteiger partial charge in [0, 0.05) is 28.2 Å². The van der Waals surface area contributed by atoms with Crippen LogP contribution in [0, 0.1) is 13.8 Å². The molecule has 0 unspecified atom stereocenters. The summed E-state index contributed by atoms with van der Waals surface area (Å²) in [7, 11) is 0. The highest BCUT2D eigenvalue weighted by Gasteiger charge is 2.13. The molecule has 0 saturated heterocycles. The average Bonchev–Trinajstić information content (AvgIpc) is 3.11. The zero-order chi connectivity index (χ0) is 20.3. The van der Waals surface area contributed by atoms with Gasteiger partial charge in [-0.1, -0.05) is 35.6 Å². The fourth-order valence-electron chi connectivity index (χ4n) is 3.38. The molecule has 3 rings (SSSR count). The van der Waals surface area contributed by atoms with E-state index in [4.69, 9.17) is 14.3 Å². The number of carboxylic acids is 1. The molecular formula is C23H25IO4. The van der Waals surface area contributed by atoms with Crippen LogP contribution in [0.3, 0.4) is 0 Å². The summed E-state index contributed by atoms with van der Waals surface area (Å²) in [6.07, 6.45) is 1.54. The van der Waals surface area contributed by atoms with Crippen molar-refractivity contribution < 1.29 is 19.1 Å². The van der Waals surface area contributed by atoms with Crippen molar-refractivity contribution in [3.8, 4) is 5.75 Å². The Morgan fingerprint density at radius 2 is 1.93 bits per heavy atom. The summed E-state index contributed by atoms with van der Waals surface area (Å²) in [5.74, 6) is 1.03. The monoisotopic (exact) mass is 492 g/mol. The standard InChI is InChI=1S/C23H25IO4/c1-4-20-11-18-9-16(12-24)10-19(23(18)28-20)13-27-21-7-5-17(6-8-22(25)26)14(2)15(21)3/h5,7,9-11H,4,6,8,12-13H2,1-3H3,(H,25,26). The van der Waals surface area contributed by atoms with Gasteiger partial charge in [0.25, 0.3) is 0 Å². The molecule has 0 bridgehead atoms. The Labute approximate surface area is 179 Å². The number of aryl methyl sites for hydroxylation is 2. The first-order valence-corrected chi connectivity index (χ1v) is 11.0. The van der Waals surface area contributed by atoms with E-state index in [2.05, 4.69) is 47.7 Å². The molecule has 0 aliphatic carbocycles. The first-order chi connectivity index (χ1) is 13.4. The Morgan fingerprint density at radius 3 is 2.61 bits per heavy atom. The minimum Gasteiger partial charge on any atom is -0.488 e. The van der Waals surface area contributed by atoms with Crippen molar-refractivity contribution in [2.24, 2.45) is 0 Å². The number of alkyl halides is 1. The predicted octanol–water partition coefficient (Wildman–Crippen LogP) is 6.14. The number of carboxylic acid groups (broad SMARTS) is 1. The first-order valence-electron chi connectivity index (χ1n) is 9.46. The SMILES string of the molecule is CCc1cc2cc(CI)cc(COc3ccc(CCC(=O)O)c(C)c3C)c2o1. The first kappa shape index (κ1) is 20.7. The van der Waals surface area contributed by atoms with E-state index in [0.717, 1.165) is 55.6 Å². The van der Waals surface area contributed by atoms with Crippen molar-refractivity contribution in [1.82, 2.24) is 0 Å². The van der Waals surface area contributed by atoms with Gasteiger partial charge in [-0.2, -0.15) is 0 Å². The number of benzene rings is 2. The van der Waals surface area contributed by atoms with Crippen LogP contribution in [0.4, 0.5) is 0 Å². The predicted molar refractivity (Wildman–Crippen MR) is 120 cm³/mol. The number of hydrogen-bond acceptors (Lipinski definition) is 3. The normalized spacial score (nSPS) is 11.1. The summed E-state index contributed by atoms with van der Waals surface area (Å²) >= 11 is 2.37. The van der Waals surface area contributed by atoms with Crippen LogP contribution in [0.5, 0.6) is 5.75 Å². The van der Waals surface area contributed by atoms with Gasteiger partial charge in [-0.15, -0.1) is 0 Å². The highest BCUT2D eigenvalue weighted by molar-refractivity contribution is 14.1. The largest absolute Gasteiger partial charge is 0.488 e. The van der Waals surface area contributed by atoms with Crippen LogP contribution >= 0.6 is 22.6 Å². The van der Waals surface area contributed by atoms with Gasteiger partial charge < -0.3 is 14.3 Å². The number of halogens is 1. The van der Waals surface area contributed by atoms with E-state index in [1.54, 1.807) is 0 Å². The van der Waals surface area contributed by atoms with Crippen molar-refractivity contribution in [2.75, 3.05) is 0 Å². The molecule has 148 valence electrons. The number of ether oxygens (including phenoxy) is 1. The molecule has 1 heterocycles. The smallest absolute Gasteiger partial charge is 0.303 e. The second-order valence-electron chi connectivity index (χ2n) is 7.03. The molecule has 0 radical (unpaired) electrons. The summed E-state index contributed by atoms with van der Waals surface area (Å²) in [4.78, 5) is 10.8. The molecular weight excluding hydrogens is 467 g/mol. The molecule has 0 saturated carbocycles. The lowest BCUT2D eigenvalue weighted by molar-refractivity contribution is -0.136. The molecule has 5 heteroatoms. The molecule has 1 N–H and O–H groups in total. The third-order valence-corrected chi connectivity index (χ3v) is 6.03. The van der Waals surface area contributed by atoms with E-state index in [1.807, 2.05) is 26.0 Å². The average molecular weight is 492 g/mol. The quantitative estimate of drug-likeness (QED) is 0.303. The van der Waals surface area contributed by atoms with Gasteiger partial charge >= 0.3 is 5.97 Å². The molecule has 0 aliphatic heterocycles. The molecule has 0 fully saturated rings. The second-order valence-corrected chi connectivity index (χ2v) is 7.79. The lowest BCUT2D eigenvalue weighted by atomic mass is 9.99. The Bertz CT molecular complexity index is 1000. The van der Waals surface area contributed by atoms with Crippen LogP contribution in [0.1, 0.15) is 46.9 Å². The van der Waals surface area contributed by atoms with Crippen molar-refractivity contribution in [3.63, 3.8) is 0 Å². The van der Waals surface area contributed by atoms with Crippen LogP contribution < -0.4 is 4.74 Å². The highest BCUT2D eigenvalue weighted by Crippen LogP contribution is 2.30. The minimum absolute atomic E-state index is 0.139. The fraction of sp³-hybridized carbons (Fsp3) is 0.348. The maximum atomic E-state index is 10.8. The van der Waals surface area contributed by atoms with E-state index in [0.29, 0.717) is 13.0 Å². The summed E-state index contributed by atoms with van der Waals surface area (Å²) in [6, 6.07) is 10.4. The van der Waals surface area contributed by atoms with Gasteiger partial charge in [0.15, 0.2) is 0 Å². The summed E-state index contributed by atoms with van der Waals surface area (Å²) in [5.41, 5.74) is 6.41. The van der Waals surface area contributed by atoms with Gasteiger partial charge in [0.05, 0.1) is 0 Å². The van der Waals surface area contributed by atoms with Gasteiger partial charge in [0.2, 0.25) is 0 Å². The van der Waals surface area contributed by atoms with E-state index in [1.165, 1.54) is 5.56 Å². The molecule has 1 aromatic heterocycles. The van der Waals surface area contributed by atoms with E-state index < -0.39 is 5.97 Å². The van der Waals surface area contributed by atoms with Crippen LogP contribution in [0.15, 0.2) is 34.7 Å². The lowest BCUT2D eigenvalue weighted by Crippen LogP contribution is -2.03. The Kier molecular flexibility index (Phi) is 6.65. The fourth-order valence-corrected chi connectivity index (χ4v) is 3.82. The molecule has 0 atom stereocenters. The van der Waals surface area contributed by atoms with Gasteiger partial charge in [0.1, 0.15) is 23.7 Å². The van der Waals surface area contributed by atoms with E-state index in [-0.39, 0.29) is 6.42 Å².